The summed E-state index contributed by atoms with van der Waals surface area (Å²) in [5, 5.41) is 2.81. The zero-order valence-corrected chi connectivity index (χ0v) is 18.3. The van der Waals surface area contributed by atoms with Crippen LogP contribution in [0.3, 0.4) is 0 Å². The first-order valence-electron chi connectivity index (χ1n) is 9.56. The predicted molar refractivity (Wildman–Crippen MR) is 115 cm³/mol. The molecule has 0 saturated carbocycles. The molecule has 2 aromatic carbocycles. The maximum Gasteiger partial charge on any atom is 0.262 e. The summed E-state index contributed by atoms with van der Waals surface area (Å²) in [6.45, 7) is 7.96. The van der Waals surface area contributed by atoms with Gasteiger partial charge in [0.15, 0.2) is 6.61 Å². The van der Waals surface area contributed by atoms with Gasteiger partial charge in [0, 0.05) is 12.3 Å². The van der Waals surface area contributed by atoms with E-state index in [9.17, 15) is 4.79 Å². The van der Waals surface area contributed by atoms with Crippen LogP contribution in [0.5, 0.6) is 11.5 Å². The van der Waals surface area contributed by atoms with Gasteiger partial charge in [-0.2, -0.15) is 0 Å². The van der Waals surface area contributed by atoms with Crippen molar-refractivity contribution in [1.82, 2.24) is 0 Å². The van der Waals surface area contributed by atoms with E-state index in [0.717, 1.165) is 16.6 Å². The second-order valence-corrected chi connectivity index (χ2v) is 7.26. The van der Waals surface area contributed by atoms with E-state index < -0.39 is 0 Å². The lowest BCUT2D eigenvalue weighted by Gasteiger charge is -2.13. The molecule has 0 aliphatic carbocycles. The Balaban J connectivity index is 1.81. The van der Waals surface area contributed by atoms with Crippen LogP contribution in [0.1, 0.15) is 38.7 Å². The minimum absolute atomic E-state index is 0.0616. The Morgan fingerprint density at radius 3 is 2.46 bits per heavy atom. The molecule has 2 aromatic rings. The van der Waals surface area contributed by atoms with Gasteiger partial charge < -0.3 is 19.5 Å². The summed E-state index contributed by atoms with van der Waals surface area (Å²) in [6, 6.07) is 13.2. The SMILES string of the molecule is CCOCCOc1ccc(NC(=O)COc2ccc(C(C)CC)cc2Br)cc1. The van der Waals surface area contributed by atoms with Gasteiger partial charge in [0.25, 0.3) is 5.91 Å². The average Bonchev–Trinajstić information content (AvgIpc) is 2.71. The summed E-state index contributed by atoms with van der Waals surface area (Å²) in [5.74, 6) is 1.65. The molecule has 0 spiro atoms. The molecule has 0 aliphatic rings. The largest absolute Gasteiger partial charge is 0.491 e. The van der Waals surface area contributed by atoms with Crippen molar-refractivity contribution in [2.45, 2.75) is 33.1 Å². The van der Waals surface area contributed by atoms with Gasteiger partial charge in [0.1, 0.15) is 18.1 Å². The highest BCUT2D eigenvalue weighted by Crippen LogP contribution is 2.30. The third-order valence-corrected chi connectivity index (χ3v) is 4.95. The molecule has 6 heteroatoms. The highest BCUT2D eigenvalue weighted by atomic mass is 79.9. The molecule has 1 N–H and O–H groups in total. The summed E-state index contributed by atoms with van der Waals surface area (Å²) >= 11 is 3.52. The molecule has 0 aromatic heterocycles. The molecular formula is C22H28BrNO4. The van der Waals surface area contributed by atoms with Gasteiger partial charge in [-0.15, -0.1) is 0 Å². The zero-order valence-electron chi connectivity index (χ0n) is 16.7. The molecule has 0 bridgehead atoms. The number of carbonyl (C=O) groups excluding carboxylic acids is 1. The number of ether oxygens (including phenoxy) is 3. The molecule has 1 unspecified atom stereocenters. The molecule has 0 saturated heterocycles. The van der Waals surface area contributed by atoms with E-state index in [2.05, 4.69) is 35.1 Å². The minimum Gasteiger partial charge on any atom is -0.491 e. The van der Waals surface area contributed by atoms with E-state index >= 15 is 0 Å². The number of rotatable bonds is 11. The van der Waals surface area contributed by atoms with Gasteiger partial charge in [-0.25, -0.2) is 0 Å². The quantitative estimate of drug-likeness (QED) is 0.466. The molecule has 0 fully saturated rings. The number of hydrogen-bond donors (Lipinski definition) is 1. The topological polar surface area (TPSA) is 56.8 Å². The van der Waals surface area contributed by atoms with Crippen LogP contribution in [0.15, 0.2) is 46.9 Å². The Hall–Kier alpha value is -2.05. The monoisotopic (exact) mass is 449 g/mol. The van der Waals surface area contributed by atoms with Crippen LogP contribution in [0, 0.1) is 0 Å². The third-order valence-electron chi connectivity index (χ3n) is 4.33. The molecule has 5 nitrogen and oxygen atoms in total. The molecular weight excluding hydrogens is 422 g/mol. The van der Waals surface area contributed by atoms with Crippen LogP contribution in [0.25, 0.3) is 0 Å². The normalized spacial score (nSPS) is 11.7. The van der Waals surface area contributed by atoms with E-state index in [0.29, 0.717) is 37.2 Å². The summed E-state index contributed by atoms with van der Waals surface area (Å²) in [4.78, 5) is 12.1. The molecule has 28 heavy (non-hydrogen) atoms. The van der Waals surface area contributed by atoms with Gasteiger partial charge in [0.2, 0.25) is 0 Å². The van der Waals surface area contributed by atoms with Crippen LogP contribution in [-0.4, -0.2) is 32.3 Å². The molecule has 0 aliphatic heterocycles. The third kappa shape index (κ3) is 7.17. The number of anilines is 1. The van der Waals surface area contributed by atoms with E-state index in [4.69, 9.17) is 14.2 Å². The Morgan fingerprint density at radius 2 is 1.82 bits per heavy atom. The molecule has 2 rings (SSSR count). The molecule has 1 atom stereocenters. The lowest BCUT2D eigenvalue weighted by Crippen LogP contribution is -2.20. The maximum absolute atomic E-state index is 12.1. The fourth-order valence-corrected chi connectivity index (χ4v) is 3.02. The highest BCUT2D eigenvalue weighted by molar-refractivity contribution is 9.10. The molecule has 0 heterocycles. The molecule has 152 valence electrons. The second kappa shape index (κ2) is 11.7. The zero-order chi connectivity index (χ0) is 20.4. The summed E-state index contributed by atoms with van der Waals surface area (Å²) in [6.07, 6.45) is 1.07. The van der Waals surface area contributed by atoms with E-state index in [1.807, 2.05) is 37.3 Å². The number of benzene rings is 2. The number of carbonyl (C=O) groups is 1. The molecule has 0 radical (unpaired) electrons. The van der Waals surface area contributed by atoms with Crippen LogP contribution >= 0.6 is 15.9 Å². The summed E-state index contributed by atoms with van der Waals surface area (Å²) in [5.41, 5.74) is 1.94. The van der Waals surface area contributed by atoms with E-state index in [1.165, 1.54) is 5.56 Å². The lowest BCUT2D eigenvalue weighted by molar-refractivity contribution is -0.118. The van der Waals surface area contributed by atoms with E-state index in [-0.39, 0.29) is 12.5 Å². The van der Waals surface area contributed by atoms with Crippen molar-refractivity contribution in [3.05, 3.63) is 52.5 Å². The van der Waals surface area contributed by atoms with Crippen LogP contribution < -0.4 is 14.8 Å². The van der Waals surface area contributed by atoms with Gasteiger partial charge in [0.05, 0.1) is 11.1 Å². The van der Waals surface area contributed by atoms with Crippen molar-refractivity contribution >= 4 is 27.5 Å². The Kier molecular flexibility index (Phi) is 9.31. The summed E-state index contributed by atoms with van der Waals surface area (Å²) < 4.78 is 17.3. The average molecular weight is 450 g/mol. The number of amides is 1. The van der Waals surface area contributed by atoms with Crippen molar-refractivity contribution < 1.29 is 19.0 Å². The number of halogens is 1. The van der Waals surface area contributed by atoms with Crippen molar-refractivity contribution in [2.24, 2.45) is 0 Å². The number of nitrogens with one attached hydrogen (secondary N) is 1. The smallest absolute Gasteiger partial charge is 0.262 e. The van der Waals surface area contributed by atoms with Crippen molar-refractivity contribution in [3.63, 3.8) is 0 Å². The first-order valence-corrected chi connectivity index (χ1v) is 10.4. The van der Waals surface area contributed by atoms with Gasteiger partial charge >= 0.3 is 0 Å². The lowest BCUT2D eigenvalue weighted by atomic mass is 9.99. The van der Waals surface area contributed by atoms with E-state index in [1.54, 1.807) is 12.1 Å². The standard InChI is InChI=1S/C22H28BrNO4/c1-4-16(3)17-6-11-21(20(23)14-17)28-15-22(25)24-18-7-9-19(10-8-18)27-13-12-26-5-2/h6-11,14,16H,4-5,12-13,15H2,1-3H3,(H,24,25). The first-order chi connectivity index (χ1) is 13.5. The predicted octanol–water partition coefficient (Wildman–Crippen LogP) is 5.40. The van der Waals surface area contributed by atoms with Crippen LogP contribution in [0.2, 0.25) is 0 Å². The second-order valence-electron chi connectivity index (χ2n) is 6.41. The maximum atomic E-state index is 12.1. The van der Waals surface area contributed by atoms with Gasteiger partial charge in [-0.05, 0) is 77.2 Å². The fraction of sp³-hybridized carbons (Fsp3) is 0.409. The molecule has 1 amide bonds. The Morgan fingerprint density at radius 1 is 1.07 bits per heavy atom. The van der Waals surface area contributed by atoms with Gasteiger partial charge in [-0.3, -0.25) is 4.79 Å². The Bertz CT molecular complexity index is 749. The van der Waals surface area contributed by atoms with Crippen molar-refractivity contribution in [3.8, 4) is 11.5 Å². The number of hydrogen-bond acceptors (Lipinski definition) is 4. The highest BCUT2D eigenvalue weighted by Gasteiger charge is 2.09. The first kappa shape index (κ1) is 22.2. The van der Waals surface area contributed by atoms with Crippen molar-refractivity contribution in [1.29, 1.82) is 0 Å². The summed E-state index contributed by atoms with van der Waals surface area (Å²) in [7, 11) is 0. The Labute approximate surface area is 175 Å². The van der Waals surface area contributed by atoms with Crippen LogP contribution in [-0.2, 0) is 9.53 Å². The van der Waals surface area contributed by atoms with Crippen molar-refractivity contribution in [2.75, 3.05) is 31.7 Å². The minimum atomic E-state index is -0.220. The van der Waals surface area contributed by atoms with Crippen LogP contribution in [0.4, 0.5) is 5.69 Å². The fourth-order valence-electron chi connectivity index (χ4n) is 2.51. The van der Waals surface area contributed by atoms with Gasteiger partial charge in [-0.1, -0.05) is 19.9 Å².